The van der Waals surface area contributed by atoms with Gasteiger partial charge < -0.3 is 5.11 Å². The zero-order chi connectivity index (χ0) is 13.0. The number of hydrogen-bond acceptors (Lipinski definition) is 3. The number of allylic oxidation sites excluding steroid dienone is 1. The highest BCUT2D eigenvalue weighted by molar-refractivity contribution is 5.55. The maximum Gasteiger partial charge on any atom is 0.159 e. The summed E-state index contributed by atoms with van der Waals surface area (Å²) in [6, 6.07) is 5.97. The van der Waals surface area contributed by atoms with E-state index < -0.39 is 11.6 Å². The molecule has 3 nitrogen and oxygen atoms in total. The van der Waals surface area contributed by atoms with Crippen molar-refractivity contribution >= 4 is 0 Å². The van der Waals surface area contributed by atoms with Crippen LogP contribution in [-0.4, -0.2) is 15.1 Å². The molecule has 0 fully saturated rings. The lowest BCUT2D eigenvalue weighted by Gasteiger charge is -2.04. The molecule has 92 valence electrons. The maximum atomic E-state index is 13.7. The van der Waals surface area contributed by atoms with E-state index in [-0.39, 0.29) is 12.0 Å². The number of aliphatic hydroxyl groups is 1. The SMILES string of the molecule is O/C=C(\F)Cc1ccc(-c2ncccn2)cc1F. The van der Waals surface area contributed by atoms with Gasteiger partial charge in [0.25, 0.3) is 0 Å². The zero-order valence-corrected chi connectivity index (χ0v) is 9.35. The van der Waals surface area contributed by atoms with Crippen molar-refractivity contribution in [3.05, 3.63) is 60.1 Å². The van der Waals surface area contributed by atoms with Crippen LogP contribution in [0.3, 0.4) is 0 Å². The summed E-state index contributed by atoms with van der Waals surface area (Å²) in [5, 5.41) is 8.44. The molecule has 1 aromatic carbocycles. The minimum absolute atomic E-state index is 0.164. The van der Waals surface area contributed by atoms with Crippen LogP contribution < -0.4 is 0 Å². The van der Waals surface area contributed by atoms with Crippen molar-refractivity contribution in [1.29, 1.82) is 0 Å². The van der Waals surface area contributed by atoms with Crippen LogP contribution in [0.15, 0.2) is 48.7 Å². The van der Waals surface area contributed by atoms with Crippen LogP contribution in [0, 0.1) is 5.82 Å². The first-order valence-electron chi connectivity index (χ1n) is 5.25. The quantitative estimate of drug-likeness (QED) is 0.848. The van der Waals surface area contributed by atoms with Gasteiger partial charge in [0.15, 0.2) is 5.82 Å². The third-order valence-electron chi connectivity index (χ3n) is 2.38. The summed E-state index contributed by atoms with van der Waals surface area (Å²) < 4.78 is 26.5. The molecular weight excluding hydrogens is 238 g/mol. The Bertz CT molecular complexity index is 570. The first-order chi connectivity index (χ1) is 8.70. The molecule has 0 aliphatic heterocycles. The highest BCUT2D eigenvalue weighted by Crippen LogP contribution is 2.20. The molecule has 0 radical (unpaired) electrons. The van der Waals surface area contributed by atoms with E-state index in [9.17, 15) is 8.78 Å². The third-order valence-corrected chi connectivity index (χ3v) is 2.38. The minimum atomic E-state index is -0.794. The van der Waals surface area contributed by atoms with Gasteiger partial charge in [-0.15, -0.1) is 0 Å². The molecule has 1 N–H and O–H groups in total. The molecule has 0 atom stereocenters. The molecule has 0 amide bonds. The second kappa shape index (κ2) is 5.35. The number of aromatic nitrogens is 2. The summed E-state index contributed by atoms with van der Waals surface area (Å²) in [5.74, 6) is -0.948. The lowest BCUT2D eigenvalue weighted by molar-refractivity contribution is 0.434. The van der Waals surface area contributed by atoms with Crippen LogP contribution in [0.25, 0.3) is 11.4 Å². The Morgan fingerprint density at radius 1 is 1.28 bits per heavy atom. The first kappa shape index (κ1) is 12.2. The van der Waals surface area contributed by atoms with Gasteiger partial charge in [-0.05, 0) is 17.7 Å². The molecule has 18 heavy (non-hydrogen) atoms. The Hall–Kier alpha value is -2.30. The summed E-state index contributed by atoms with van der Waals surface area (Å²) in [5.41, 5.74) is 0.683. The van der Waals surface area contributed by atoms with Crippen LogP contribution in [-0.2, 0) is 6.42 Å². The van der Waals surface area contributed by atoms with Crippen LogP contribution in [0.4, 0.5) is 8.78 Å². The third kappa shape index (κ3) is 2.68. The molecule has 1 aromatic heterocycles. The van der Waals surface area contributed by atoms with Gasteiger partial charge in [-0.3, -0.25) is 0 Å². The largest absolute Gasteiger partial charge is 0.513 e. The molecule has 0 saturated carbocycles. The van der Waals surface area contributed by atoms with Crippen LogP contribution in [0.2, 0.25) is 0 Å². The molecule has 0 bridgehead atoms. The number of rotatable bonds is 3. The predicted molar refractivity (Wildman–Crippen MR) is 62.9 cm³/mol. The maximum absolute atomic E-state index is 13.7. The summed E-state index contributed by atoms with van der Waals surface area (Å²) in [7, 11) is 0. The van der Waals surface area contributed by atoms with Crippen molar-refractivity contribution in [3.8, 4) is 11.4 Å². The van der Waals surface area contributed by atoms with Gasteiger partial charge in [0.05, 0.1) is 0 Å². The van der Waals surface area contributed by atoms with Crippen molar-refractivity contribution in [1.82, 2.24) is 9.97 Å². The fourth-order valence-corrected chi connectivity index (χ4v) is 1.51. The highest BCUT2D eigenvalue weighted by Gasteiger charge is 2.08. The van der Waals surface area contributed by atoms with E-state index >= 15 is 0 Å². The molecule has 0 saturated heterocycles. The molecule has 1 heterocycles. The average Bonchev–Trinajstić information content (AvgIpc) is 2.42. The summed E-state index contributed by atoms with van der Waals surface area (Å²) in [4.78, 5) is 7.99. The summed E-state index contributed by atoms with van der Waals surface area (Å²) in [6.07, 6.45) is 3.16. The van der Waals surface area contributed by atoms with Gasteiger partial charge in [0, 0.05) is 24.4 Å². The van der Waals surface area contributed by atoms with Gasteiger partial charge in [-0.25, -0.2) is 18.7 Å². The molecule has 2 rings (SSSR count). The van der Waals surface area contributed by atoms with Gasteiger partial charge >= 0.3 is 0 Å². The topological polar surface area (TPSA) is 46.0 Å². The lowest BCUT2D eigenvalue weighted by atomic mass is 10.1. The normalized spacial score (nSPS) is 11.6. The second-order valence-corrected chi connectivity index (χ2v) is 3.63. The smallest absolute Gasteiger partial charge is 0.159 e. The van der Waals surface area contributed by atoms with Gasteiger partial charge in [-0.2, -0.15) is 0 Å². The highest BCUT2D eigenvalue weighted by atomic mass is 19.1. The zero-order valence-electron chi connectivity index (χ0n) is 9.35. The first-order valence-corrected chi connectivity index (χ1v) is 5.25. The lowest BCUT2D eigenvalue weighted by Crippen LogP contribution is -1.94. The van der Waals surface area contributed by atoms with E-state index in [1.165, 1.54) is 12.1 Å². The fraction of sp³-hybridized carbons (Fsp3) is 0.0769. The summed E-state index contributed by atoms with van der Waals surface area (Å²) >= 11 is 0. The number of nitrogens with zero attached hydrogens (tertiary/aromatic N) is 2. The van der Waals surface area contributed by atoms with E-state index in [1.807, 2.05) is 0 Å². The molecular formula is C13H10F2N2O. The van der Waals surface area contributed by atoms with E-state index in [0.717, 1.165) is 0 Å². The molecule has 5 heteroatoms. The molecule has 0 aliphatic rings. The predicted octanol–water partition coefficient (Wildman–Crippen LogP) is 3.19. The van der Waals surface area contributed by atoms with Gasteiger partial charge in [0.2, 0.25) is 0 Å². The van der Waals surface area contributed by atoms with Crippen LogP contribution in [0.5, 0.6) is 0 Å². The number of halogens is 2. The van der Waals surface area contributed by atoms with Crippen LogP contribution >= 0.6 is 0 Å². The van der Waals surface area contributed by atoms with Crippen molar-refractivity contribution in [2.45, 2.75) is 6.42 Å². The standard InChI is InChI=1S/C13H10F2N2O/c14-11(8-18)6-9-2-3-10(7-12(9)15)13-16-4-1-5-17-13/h1-5,7-8,18H,6H2/b11-8-. The van der Waals surface area contributed by atoms with E-state index in [4.69, 9.17) is 5.11 Å². The van der Waals surface area contributed by atoms with E-state index in [0.29, 0.717) is 17.6 Å². The molecule has 2 aromatic rings. The van der Waals surface area contributed by atoms with E-state index in [1.54, 1.807) is 24.5 Å². The Balaban J connectivity index is 2.31. The number of aliphatic hydroxyl groups excluding tert-OH is 1. The Labute approximate surface area is 102 Å². The molecule has 0 spiro atoms. The van der Waals surface area contributed by atoms with Crippen LogP contribution in [0.1, 0.15) is 5.56 Å². The fourth-order valence-electron chi connectivity index (χ4n) is 1.51. The molecule has 0 unspecified atom stereocenters. The molecule has 0 aliphatic carbocycles. The minimum Gasteiger partial charge on any atom is -0.513 e. The average molecular weight is 248 g/mol. The Morgan fingerprint density at radius 3 is 2.61 bits per heavy atom. The van der Waals surface area contributed by atoms with Crippen molar-refractivity contribution in [2.24, 2.45) is 0 Å². The number of hydrogen-bond donors (Lipinski definition) is 1. The van der Waals surface area contributed by atoms with Gasteiger partial charge in [-0.1, -0.05) is 12.1 Å². The van der Waals surface area contributed by atoms with Gasteiger partial charge in [0.1, 0.15) is 17.9 Å². The second-order valence-electron chi connectivity index (χ2n) is 3.63. The van der Waals surface area contributed by atoms with Crippen molar-refractivity contribution < 1.29 is 13.9 Å². The van der Waals surface area contributed by atoms with Crippen molar-refractivity contribution in [3.63, 3.8) is 0 Å². The van der Waals surface area contributed by atoms with E-state index in [2.05, 4.69) is 9.97 Å². The Kier molecular flexibility index (Phi) is 3.62. The number of benzene rings is 1. The Morgan fingerprint density at radius 2 is 2.00 bits per heavy atom. The monoisotopic (exact) mass is 248 g/mol. The van der Waals surface area contributed by atoms with Crippen molar-refractivity contribution in [2.75, 3.05) is 0 Å². The summed E-state index contributed by atoms with van der Waals surface area (Å²) in [6.45, 7) is 0.